The number of amides is 3. The van der Waals surface area contributed by atoms with Crippen molar-refractivity contribution in [3.8, 4) is 0 Å². The van der Waals surface area contributed by atoms with Crippen LogP contribution >= 0.6 is 0 Å². The van der Waals surface area contributed by atoms with Crippen molar-refractivity contribution in [2.24, 2.45) is 0 Å². The number of nitrogens with one attached hydrogen (secondary N) is 2. The summed E-state index contributed by atoms with van der Waals surface area (Å²) in [5.74, 6) is -1.53. The lowest BCUT2D eigenvalue weighted by Gasteiger charge is -2.29. The van der Waals surface area contributed by atoms with Crippen molar-refractivity contribution in [3.63, 3.8) is 0 Å². The number of carboxylic acids is 1. The first-order chi connectivity index (χ1) is 9.81. The number of hydrogen-bond acceptors (Lipinski definition) is 3. The zero-order valence-electron chi connectivity index (χ0n) is 12.2. The second-order valence-electron chi connectivity index (χ2n) is 4.76. The van der Waals surface area contributed by atoms with E-state index in [0.717, 1.165) is 4.90 Å². The molecule has 0 spiro atoms. The van der Waals surface area contributed by atoms with Crippen molar-refractivity contribution in [1.29, 1.82) is 0 Å². The molecule has 0 saturated carbocycles. The third-order valence-electron chi connectivity index (χ3n) is 3.14. The van der Waals surface area contributed by atoms with Gasteiger partial charge in [-0.15, -0.1) is 0 Å². The van der Waals surface area contributed by atoms with E-state index in [1.165, 1.54) is 21.0 Å². The minimum Gasteiger partial charge on any atom is -0.479 e. The molecule has 3 N–H and O–H groups in total. The first-order valence-electron chi connectivity index (χ1n) is 6.34. The van der Waals surface area contributed by atoms with E-state index >= 15 is 0 Å². The lowest BCUT2D eigenvalue weighted by molar-refractivity contribution is -0.144. The van der Waals surface area contributed by atoms with Crippen LogP contribution in [0.4, 0.5) is 4.79 Å². The minimum absolute atomic E-state index is 0.160. The highest BCUT2D eigenvalue weighted by Gasteiger charge is 2.37. The number of rotatable bonds is 5. The quantitative estimate of drug-likeness (QED) is 0.730. The van der Waals surface area contributed by atoms with Crippen LogP contribution in [0.3, 0.4) is 0 Å². The Hall–Kier alpha value is -2.57. The van der Waals surface area contributed by atoms with Crippen molar-refractivity contribution in [2.75, 3.05) is 20.6 Å². The smallest absolute Gasteiger partial charge is 0.333 e. The van der Waals surface area contributed by atoms with Gasteiger partial charge in [-0.2, -0.15) is 0 Å². The molecule has 7 nitrogen and oxygen atoms in total. The molecular weight excluding hydrogens is 274 g/mol. The first-order valence-corrected chi connectivity index (χ1v) is 6.34. The van der Waals surface area contributed by atoms with Gasteiger partial charge in [-0.3, -0.25) is 4.79 Å². The highest BCUT2D eigenvalue weighted by atomic mass is 16.4. The summed E-state index contributed by atoms with van der Waals surface area (Å²) in [5.41, 5.74) is -1.13. The Morgan fingerprint density at radius 3 is 2.29 bits per heavy atom. The zero-order valence-corrected chi connectivity index (χ0v) is 12.2. The van der Waals surface area contributed by atoms with Gasteiger partial charge in [0.05, 0.1) is 0 Å². The van der Waals surface area contributed by atoms with Crippen molar-refractivity contribution < 1.29 is 19.5 Å². The summed E-state index contributed by atoms with van der Waals surface area (Å²) >= 11 is 0. The molecule has 1 aromatic rings. The van der Waals surface area contributed by atoms with E-state index in [9.17, 15) is 19.5 Å². The zero-order chi connectivity index (χ0) is 16.0. The summed E-state index contributed by atoms with van der Waals surface area (Å²) in [4.78, 5) is 36.0. The number of likely N-dealkylation sites (N-methyl/N-ethyl adjacent to an activating group) is 2. The molecule has 0 aliphatic rings. The highest BCUT2D eigenvalue weighted by molar-refractivity contribution is 5.89. The maximum absolute atomic E-state index is 12.1. The van der Waals surface area contributed by atoms with Gasteiger partial charge in [-0.1, -0.05) is 30.3 Å². The summed E-state index contributed by atoms with van der Waals surface area (Å²) in [7, 11) is 2.87. The Morgan fingerprint density at radius 2 is 1.81 bits per heavy atom. The molecule has 0 radical (unpaired) electrons. The third kappa shape index (κ3) is 3.95. The lowest BCUT2D eigenvalue weighted by Crippen LogP contribution is -2.54. The Kier molecular flexibility index (Phi) is 5.29. The van der Waals surface area contributed by atoms with Crippen LogP contribution in [0, 0.1) is 0 Å². The second-order valence-corrected chi connectivity index (χ2v) is 4.76. The maximum atomic E-state index is 12.1. The van der Waals surface area contributed by atoms with Crippen molar-refractivity contribution in [2.45, 2.75) is 12.5 Å². The summed E-state index contributed by atoms with van der Waals surface area (Å²) in [6, 6.07) is 7.73. The molecule has 114 valence electrons. The fourth-order valence-corrected chi connectivity index (χ4v) is 1.70. The molecule has 0 aliphatic heterocycles. The van der Waals surface area contributed by atoms with E-state index < -0.39 is 17.5 Å². The van der Waals surface area contributed by atoms with Crippen LogP contribution in [0.1, 0.15) is 12.5 Å². The second kappa shape index (κ2) is 6.74. The number of benzene rings is 1. The van der Waals surface area contributed by atoms with Gasteiger partial charge < -0.3 is 20.6 Å². The molecule has 7 heteroatoms. The molecule has 0 saturated heterocycles. The average Bonchev–Trinajstić information content (AvgIpc) is 2.47. The van der Waals surface area contributed by atoms with E-state index in [-0.39, 0.29) is 12.5 Å². The summed E-state index contributed by atoms with van der Waals surface area (Å²) < 4.78 is 0. The van der Waals surface area contributed by atoms with Gasteiger partial charge in [0.25, 0.3) is 0 Å². The molecule has 1 rings (SSSR count). The predicted octanol–water partition coefficient (Wildman–Crippen LogP) is 0.374. The fraction of sp³-hybridized carbons (Fsp3) is 0.357. The number of urea groups is 1. The van der Waals surface area contributed by atoms with Crippen LogP contribution in [0.25, 0.3) is 0 Å². The normalized spacial score (nSPS) is 12.9. The van der Waals surface area contributed by atoms with E-state index in [2.05, 4.69) is 10.6 Å². The van der Waals surface area contributed by atoms with Crippen molar-refractivity contribution in [3.05, 3.63) is 35.9 Å². The van der Waals surface area contributed by atoms with Crippen LogP contribution in [-0.2, 0) is 15.1 Å². The first kappa shape index (κ1) is 16.5. The number of carbonyl (C=O) groups is 3. The minimum atomic E-state index is -1.57. The number of hydrogen-bond donors (Lipinski definition) is 3. The molecule has 1 aromatic carbocycles. The monoisotopic (exact) mass is 293 g/mol. The van der Waals surface area contributed by atoms with Gasteiger partial charge in [0, 0.05) is 14.1 Å². The Labute approximate surface area is 122 Å². The molecule has 1 atom stereocenters. The van der Waals surface area contributed by atoms with E-state index in [4.69, 9.17) is 0 Å². The largest absolute Gasteiger partial charge is 0.479 e. The number of carboxylic acid groups (broad SMARTS) is 1. The Bertz CT molecular complexity index is 532. The summed E-state index contributed by atoms with van der Waals surface area (Å²) in [6.07, 6.45) is 0. The Morgan fingerprint density at radius 1 is 1.24 bits per heavy atom. The summed E-state index contributed by atoms with van der Waals surface area (Å²) in [6.45, 7) is 1.24. The van der Waals surface area contributed by atoms with Gasteiger partial charge in [0.1, 0.15) is 6.54 Å². The van der Waals surface area contributed by atoms with Gasteiger partial charge >= 0.3 is 12.0 Å². The number of carbonyl (C=O) groups excluding carboxylic acids is 2. The van der Waals surface area contributed by atoms with Crippen molar-refractivity contribution >= 4 is 17.9 Å². The van der Waals surface area contributed by atoms with Crippen LogP contribution in [0.15, 0.2) is 30.3 Å². The third-order valence-corrected chi connectivity index (χ3v) is 3.14. The molecule has 1 unspecified atom stereocenters. The van der Waals surface area contributed by atoms with Crippen LogP contribution < -0.4 is 10.6 Å². The molecule has 21 heavy (non-hydrogen) atoms. The number of nitrogens with zero attached hydrogens (tertiary/aromatic N) is 1. The van der Waals surface area contributed by atoms with Crippen LogP contribution in [0.2, 0.25) is 0 Å². The lowest BCUT2D eigenvalue weighted by atomic mass is 9.92. The van der Waals surface area contributed by atoms with Crippen LogP contribution in [0.5, 0.6) is 0 Å². The van der Waals surface area contributed by atoms with Crippen LogP contribution in [-0.4, -0.2) is 48.6 Å². The molecule has 0 fully saturated rings. The SMILES string of the molecule is CNC(=O)CN(C)C(=O)NC(C)(C(=O)O)c1ccccc1. The summed E-state index contributed by atoms with van der Waals surface area (Å²) in [5, 5.41) is 14.3. The van der Waals surface area contributed by atoms with Gasteiger partial charge in [0.2, 0.25) is 5.91 Å². The average molecular weight is 293 g/mol. The molecule has 0 aliphatic carbocycles. The number of aliphatic carboxylic acids is 1. The topological polar surface area (TPSA) is 98.7 Å². The van der Waals surface area contributed by atoms with Crippen molar-refractivity contribution in [1.82, 2.24) is 15.5 Å². The van der Waals surface area contributed by atoms with E-state index in [0.29, 0.717) is 5.56 Å². The standard InChI is InChI=1S/C14H19N3O4/c1-14(12(19)20,10-7-5-4-6-8-10)16-13(21)17(3)9-11(18)15-2/h4-8H,9H2,1-3H3,(H,15,18)(H,16,21)(H,19,20). The van der Waals surface area contributed by atoms with Gasteiger partial charge in [-0.05, 0) is 12.5 Å². The molecule has 0 bridgehead atoms. The molecule has 0 heterocycles. The van der Waals surface area contributed by atoms with E-state index in [1.54, 1.807) is 30.3 Å². The predicted molar refractivity (Wildman–Crippen MR) is 76.7 cm³/mol. The maximum Gasteiger partial charge on any atom is 0.333 e. The molecule has 3 amide bonds. The molecule has 0 aromatic heterocycles. The van der Waals surface area contributed by atoms with E-state index in [1.807, 2.05) is 0 Å². The highest BCUT2D eigenvalue weighted by Crippen LogP contribution is 2.21. The van der Waals surface area contributed by atoms with Gasteiger partial charge in [-0.25, -0.2) is 9.59 Å². The molecular formula is C14H19N3O4. The van der Waals surface area contributed by atoms with Gasteiger partial charge in [0.15, 0.2) is 5.54 Å². The fourth-order valence-electron chi connectivity index (χ4n) is 1.70. The Balaban J connectivity index is 2.92.